The standard InChI is InChI=1S/C22H22N2O2/c1-16-7-11-18(12-8-16)23-20-5-3-4-6-21(20)24-22(25)15-17-9-13-19(26-2)14-10-17/h3-14,23H,15H2,1-2H3,(H,24,25). The second-order valence-corrected chi connectivity index (χ2v) is 6.11. The number of aryl methyl sites for hydroxylation is 1. The van der Waals surface area contributed by atoms with Gasteiger partial charge < -0.3 is 15.4 Å². The van der Waals surface area contributed by atoms with E-state index in [1.54, 1.807) is 7.11 Å². The monoisotopic (exact) mass is 346 g/mol. The number of carbonyl (C=O) groups excluding carboxylic acids is 1. The Morgan fingerprint density at radius 1 is 0.885 bits per heavy atom. The van der Waals surface area contributed by atoms with Crippen LogP contribution in [0.3, 0.4) is 0 Å². The molecule has 0 atom stereocenters. The van der Waals surface area contributed by atoms with Crippen LogP contribution in [-0.4, -0.2) is 13.0 Å². The summed E-state index contributed by atoms with van der Waals surface area (Å²) in [7, 11) is 1.62. The van der Waals surface area contributed by atoms with Gasteiger partial charge in [-0.05, 0) is 48.9 Å². The molecule has 4 heteroatoms. The number of benzene rings is 3. The van der Waals surface area contributed by atoms with E-state index in [0.717, 1.165) is 28.4 Å². The Bertz CT molecular complexity index is 871. The molecule has 3 rings (SSSR count). The Hall–Kier alpha value is -3.27. The molecule has 0 aliphatic carbocycles. The van der Waals surface area contributed by atoms with Crippen LogP contribution in [0.15, 0.2) is 72.8 Å². The summed E-state index contributed by atoms with van der Waals surface area (Å²) < 4.78 is 5.14. The second kappa shape index (κ2) is 8.21. The van der Waals surface area contributed by atoms with Crippen LogP contribution < -0.4 is 15.4 Å². The molecule has 0 aromatic heterocycles. The molecule has 0 aliphatic heterocycles. The summed E-state index contributed by atoms with van der Waals surface area (Å²) in [6.07, 6.45) is 0.308. The summed E-state index contributed by atoms with van der Waals surface area (Å²) in [6.45, 7) is 2.05. The molecule has 3 aromatic rings. The van der Waals surface area contributed by atoms with E-state index in [1.807, 2.05) is 72.8 Å². The summed E-state index contributed by atoms with van der Waals surface area (Å²) in [5.74, 6) is 0.718. The van der Waals surface area contributed by atoms with Crippen molar-refractivity contribution in [3.63, 3.8) is 0 Å². The van der Waals surface area contributed by atoms with Crippen LogP contribution in [0, 0.1) is 6.92 Å². The third kappa shape index (κ3) is 4.63. The minimum atomic E-state index is -0.0617. The van der Waals surface area contributed by atoms with Gasteiger partial charge in [0.05, 0.1) is 24.9 Å². The van der Waals surface area contributed by atoms with Crippen molar-refractivity contribution in [1.82, 2.24) is 0 Å². The molecule has 3 aromatic carbocycles. The van der Waals surface area contributed by atoms with Crippen LogP contribution in [0.2, 0.25) is 0 Å². The molecule has 132 valence electrons. The molecular formula is C22H22N2O2. The number of rotatable bonds is 6. The zero-order chi connectivity index (χ0) is 18.4. The van der Waals surface area contributed by atoms with Gasteiger partial charge >= 0.3 is 0 Å². The lowest BCUT2D eigenvalue weighted by atomic mass is 10.1. The van der Waals surface area contributed by atoms with E-state index >= 15 is 0 Å². The van der Waals surface area contributed by atoms with Crippen molar-refractivity contribution in [3.8, 4) is 5.75 Å². The van der Waals surface area contributed by atoms with Crippen LogP contribution in [0.25, 0.3) is 0 Å². The van der Waals surface area contributed by atoms with E-state index in [4.69, 9.17) is 4.74 Å². The maximum atomic E-state index is 12.4. The molecule has 1 amide bonds. The van der Waals surface area contributed by atoms with Gasteiger partial charge in [-0.15, -0.1) is 0 Å². The highest BCUT2D eigenvalue weighted by molar-refractivity contribution is 5.96. The number of hydrogen-bond donors (Lipinski definition) is 2. The minimum Gasteiger partial charge on any atom is -0.497 e. The molecule has 0 heterocycles. The van der Waals surface area contributed by atoms with Crippen molar-refractivity contribution in [3.05, 3.63) is 83.9 Å². The first kappa shape index (κ1) is 17.5. The Morgan fingerprint density at radius 2 is 1.54 bits per heavy atom. The molecular weight excluding hydrogens is 324 g/mol. The number of carbonyl (C=O) groups is 1. The van der Waals surface area contributed by atoms with Crippen LogP contribution in [0.5, 0.6) is 5.75 Å². The number of para-hydroxylation sites is 2. The summed E-state index contributed by atoms with van der Waals surface area (Å²) in [5.41, 5.74) is 4.74. The van der Waals surface area contributed by atoms with Crippen molar-refractivity contribution >= 4 is 23.0 Å². The zero-order valence-electron chi connectivity index (χ0n) is 15.0. The Labute approximate surface area is 153 Å². The Balaban J connectivity index is 1.68. The second-order valence-electron chi connectivity index (χ2n) is 6.11. The predicted octanol–water partition coefficient (Wildman–Crippen LogP) is 4.93. The molecule has 0 unspecified atom stereocenters. The highest BCUT2D eigenvalue weighted by atomic mass is 16.5. The third-order valence-corrected chi connectivity index (χ3v) is 4.06. The van der Waals surface area contributed by atoms with E-state index in [1.165, 1.54) is 5.56 Å². The van der Waals surface area contributed by atoms with Crippen molar-refractivity contribution in [1.29, 1.82) is 0 Å². The molecule has 26 heavy (non-hydrogen) atoms. The van der Waals surface area contributed by atoms with Crippen molar-refractivity contribution in [2.75, 3.05) is 17.7 Å². The number of nitrogens with one attached hydrogen (secondary N) is 2. The fourth-order valence-electron chi connectivity index (χ4n) is 2.62. The molecule has 0 spiro atoms. The van der Waals surface area contributed by atoms with Gasteiger partial charge in [0.1, 0.15) is 5.75 Å². The van der Waals surface area contributed by atoms with Gasteiger partial charge in [0, 0.05) is 5.69 Å². The molecule has 0 bridgehead atoms. The van der Waals surface area contributed by atoms with Crippen molar-refractivity contribution < 1.29 is 9.53 Å². The molecule has 0 aliphatic rings. The number of hydrogen-bond acceptors (Lipinski definition) is 3. The third-order valence-electron chi connectivity index (χ3n) is 4.06. The largest absolute Gasteiger partial charge is 0.497 e. The topological polar surface area (TPSA) is 50.4 Å². The predicted molar refractivity (Wildman–Crippen MR) is 106 cm³/mol. The molecule has 4 nitrogen and oxygen atoms in total. The molecule has 0 saturated heterocycles. The van der Waals surface area contributed by atoms with Gasteiger partial charge in [0.25, 0.3) is 0 Å². The maximum absolute atomic E-state index is 12.4. The lowest BCUT2D eigenvalue weighted by molar-refractivity contribution is -0.115. The number of methoxy groups -OCH3 is 1. The fourth-order valence-corrected chi connectivity index (χ4v) is 2.62. The first-order chi connectivity index (χ1) is 12.6. The van der Waals surface area contributed by atoms with Crippen molar-refractivity contribution in [2.45, 2.75) is 13.3 Å². The average Bonchev–Trinajstić information content (AvgIpc) is 2.66. The maximum Gasteiger partial charge on any atom is 0.228 e. The lowest BCUT2D eigenvalue weighted by Crippen LogP contribution is -2.15. The first-order valence-electron chi connectivity index (χ1n) is 8.49. The summed E-state index contributed by atoms with van der Waals surface area (Å²) >= 11 is 0. The summed E-state index contributed by atoms with van der Waals surface area (Å²) in [5, 5.41) is 6.34. The molecule has 2 N–H and O–H groups in total. The Morgan fingerprint density at radius 3 is 2.19 bits per heavy atom. The number of ether oxygens (including phenoxy) is 1. The fraction of sp³-hybridized carbons (Fsp3) is 0.136. The molecule has 0 radical (unpaired) electrons. The summed E-state index contributed by atoms with van der Waals surface area (Å²) in [4.78, 5) is 12.4. The van der Waals surface area contributed by atoms with Gasteiger partial charge in [-0.2, -0.15) is 0 Å². The SMILES string of the molecule is COc1ccc(CC(=O)Nc2ccccc2Nc2ccc(C)cc2)cc1. The van der Waals surface area contributed by atoms with Gasteiger partial charge in [0.15, 0.2) is 0 Å². The van der Waals surface area contributed by atoms with Gasteiger partial charge in [-0.25, -0.2) is 0 Å². The highest BCUT2D eigenvalue weighted by Gasteiger charge is 2.08. The Kier molecular flexibility index (Phi) is 5.54. The van der Waals surface area contributed by atoms with Gasteiger partial charge in [0.2, 0.25) is 5.91 Å². The molecule has 0 fully saturated rings. The van der Waals surface area contributed by atoms with E-state index in [0.29, 0.717) is 6.42 Å². The quantitative estimate of drug-likeness (QED) is 0.665. The summed E-state index contributed by atoms with van der Waals surface area (Å²) in [6, 6.07) is 23.3. The van der Waals surface area contributed by atoms with E-state index in [2.05, 4.69) is 17.6 Å². The van der Waals surface area contributed by atoms with E-state index < -0.39 is 0 Å². The van der Waals surface area contributed by atoms with Crippen LogP contribution in [0.1, 0.15) is 11.1 Å². The van der Waals surface area contributed by atoms with E-state index in [9.17, 15) is 4.79 Å². The smallest absolute Gasteiger partial charge is 0.228 e. The average molecular weight is 346 g/mol. The number of anilines is 3. The van der Waals surface area contributed by atoms with Crippen molar-refractivity contribution in [2.24, 2.45) is 0 Å². The first-order valence-corrected chi connectivity index (χ1v) is 8.49. The number of amides is 1. The van der Waals surface area contributed by atoms with Gasteiger partial charge in [-0.3, -0.25) is 4.79 Å². The molecule has 0 saturated carbocycles. The lowest BCUT2D eigenvalue weighted by Gasteiger charge is -2.13. The van der Waals surface area contributed by atoms with E-state index in [-0.39, 0.29) is 5.91 Å². The van der Waals surface area contributed by atoms with Gasteiger partial charge in [-0.1, -0.05) is 42.0 Å². The van der Waals surface area contributed by atoms with Crippen LogP contribution >= 0.6 is 0 Å². The van der Waals surface area contributed by atoms with Crippen LogP contribution in [-0.2, 0) is 11.2 Å². The minimum absolute atomic E-state index is 0.0617. The highest BCUT2D eigenvalue weighted by Crippen LogP contribution is 2.25. The zero-order valence-corrected chi connectivity index (χ0v) is 15.0. The van der Waals surface area contributed by atoms with Crippen LogP contribution in [0.4, 0.5) is 17.1 Å². The normalized spacial score (nSPS) is 10.2.